The van der Waals surface area contributed by atoms with Crippen molar-refractivity contribution in [3.8, 4) is 0 Å². The van der Waals surface area contributed by atoms with Gasteiger partial charge in [0.05, 0.1) is 0 Å². The highest BCUT2D eigenvalue weighted by atomic mass is 16.1. The molecule has 0 radical (unpaired) electrons. The Morgan fingerprint density at radius 2 is 2.11 bits per heavy atom. The summed E-state index contributed by atoms with van der Waals surface area (Å²) in [6, 6.07) is 0.417. The molecule has 4 heteroatoms. The van der Waals surface area contributed by atoms with Gasteiger partial charge in [-0.3, -0.25) is 4.79 Å². The molecule has 1 aromatic rings. The van der Waals surface area contributed by atoms with E-state index in [-0.39, 0.29) is 5.56 Å². The molecule has 1 aliphatic carbocycles. The fraction of sp³-hybridized carbons (Fsp3) is 0.714. The Labute approximate surface area is 108 Å². The van der Waals surface area contributed by atoms with E-state index in [4.69, 9.17) is 0 Å². The van der Waals surface area contributed by atoms with Gasteiger partial charge in [0.1, 0.15) is 0 Å². The van der Waals surface area contributed by atoms with E-state index in [2.05, 4.69) is 17.2 Å². The Morgan fingerprint density at radius 1 is 1.39 bits per heavy atom. The van der Waals surface area contributed by atoms with Gasteiger partial charge in [0.25, 0.3) is 5.56 Å². The highest BCUT2D eigenvalue weighted by molar-refractivity contribution is 5.32. The SMILES string of the molecule is CCCC1CCC(Nc2nccn(C)c2=O)CC1. The van der Waals surface area contributed by atoms with E-state index in [1.165, 1.54) is 25.7 Å². The lowest BCUT2D eigenvalue weighted by Crippen LogP contribution is -2.31. The van der Waals surface area contributed by atoms with E-state index >= 15 is 0 Å². The molecular formula is C14H23N3O. The molecule has 18 heavy (non-hydrogen) atoms. The lowest BCUT2D eigenvalue weighted by atomic mass is 9.83. The van der Waals surface area contributed by atoms with Crippen LogP contribution in [-0.2, 0) is 7.05 Å². The first-order valence-corrected chi connectivity index (χ1v) is 6.99. The summed E-state index contributed by atoms with van der Waals surface area (Å²) in [5.41, 5.74) is -0.0341. The lowest BCUT2D eigenvalue weighted by molar-refractivity contribution is 0.318. The summed E-state index contributed by atoms with van der Waals surface area (Å²) in [6.07, 6.45) is 10.9. The van der Waals surface area contributed by atoms with Crippen LogP contribution in [0.15, 0.2) is 17.2 Å². The summed E-state index contributed by atoms with van der Waals surface area (Å²) < 4.78 is 1.57. The monoisotopic (exact) mass is 249 g/mol. The van der Waals surface area contributed by atoms with Crippen molar-refractivity contribution in [2.75, 3.05) is 5.32 Å². The van der Waals surface area contributed by atoms with Gasteiger partial charge in [-0.2, -0.15) is 0 Å². The molecule has 0 aromatic carbocycles. The van der Waals surface area contributed by atoms with Crippen molar-refractivity contribution in [2.24, 2.45) is 13.0 Å². The maximum absolute atomic E-state index is 11.8. The number of hydrogen-bond acceptors (Lipinski definition) is 3. The average molecular weight is 249 g/mol. The second-order valence-corrected chi connectivity index (χ2v) is 5.34. The van der Waals surface area contributed by atoms with Gasteiger partial charge in [0, 0.05) is 25.5 Å². The Balaban J connectivity index is 1.92. The summed E-state index contributed by atoms with van der Waals surface area (Å²) in [7, 11) is 1.76. The molecule has 0 aliphatic heterocycles. The number of aromatic nitrogens is 2. The van der Waals surface area contributed by atoms with Crippen molar-refractivity contribution in [1.82, 2.24) is 9.55 Å². The number of aryl methyl sites for hydroxylation is 1. The Kier molecular flexibility index (Phi) is 4.39. The third-order valence-corrected chi connectivity index (χ3v) is 3.90. The molecule has 2 rings (SSSR count). The minimum absolute atomic E-state index is 0.0341. The zero-order valence-corrected chi connectivity index (χ0v) is 11.4. The molecule has 1 saturated carbocycles. The summed E-state index contributed by atoms with van der Waals surface area (Å²) >= 11 is 0. The largest absolute Gasteiger partial charge is 0.363 e. The van der Waals surface area contributed by atoms with Gasteiger partial charge in [0.15, 0.2) is 5.82 Å². The molecule has 4 nitrogen and oxygen atoms in total. The molecule has 1 heterocycles. The van der Waals surface area contributed by atoms with Crippen LogP contribution < -0.4 is 10.9 Å². The number of nitrogens with zero attached hydrogens (tertiary/aromatic N) is 2. The molecule has 0 unspecified atom stereocenters. The molecule has 100 valence electrons. The number of hydrogen-bond donors (Lipinski definition) is 1. The number of rotatable bonds is 4. The van der Waals surface area contributed by atoms with Gasteiger partial charge in [-0.25, -0.2) is 4.98 Å². The number of anilines is 1. The van der Waals surface area contributed by atoms with Crippen LogP contribution in [0.5, 0.6) is 0 Å². The molecule has 1 aromatic heterocycles. The first kappa shape index (κ1) is 13.1. The van der Waals surface area contributed by atoms with E-state index in [0.717, 1.165) is 18.8 Å². The Hall–Kier alpha value is -1.32. The maximum atomic E-state index is 11.8. The van der Waals surface area contributed by atoms with Crippen molar-refractivity contribution in [3.05, 3.63) is 22.7 Å². The zero-order valence-electron chi connectivity index (χ0n) is 11.4. The standard InChI is InChI=1S/C14H23N3O/c1-3-4-11-5-7-12(8-6-11)16-13-14(18)17(2)10-9-15-13/h9-12H,3-8H2,1-2H3,(H,15,16). The summed E-state index contributed by atoms with van der Waals surface area (Å²) in [6.45, 7) is 2.25. The summed E-state index contributed by atoms with van der Waals surface area (Å²) in [5.74, 6) is 1.39. The second kappa shape index (κ2) is 6.03. The van der Waals surface area contributed by atoms with Crippen LogP contribution in [0.1, 0.15) is 45.4 Å². The van der Waals surface area contributed by atoms with E-state index < -0.39 is 0 Å². The Bertz CT molecular complexity index is 433. The maximum Gasteiger partial charge on any atom is 0.293 e. The van der Waals surface area contributed by atoms with Gasteiger partial charge in [-0.05, 0) is 31.6 Å². The molecular weight excluding hydrogens is 226 g/mol. The average Bonchev–Trinajstić information content (AvgIpc) is 2.38. The smallest absolute Gasteiger partial charge is 0.293 e. The van der Waals surface area contributed by atoms with Gasteiger partial charge >= 0.3 is 0 Å². The quantitative estimate of drug-likeness (QED) is 0.892. The normalized spacial score (nSPS) is 23.9. The van der Waals surface area contributed by atoms with Gasteiger partial charge < -0.3 is 9.88 Å². The molecule has 0 saturated heterocycles. The predicted octanol–water partition coefficient (Wildman–Crippen LogP) is 2.55. The third kappa shape index (κ3) is 3.12. The topological polar surface area (TPSA) is 46.9 Å². The van der Waals surface area contributed by atoms with Crippen molar-refractivity contribution < 1.29 is 0 Å². The predicted molar refractivity (Wildman–Crippen MR) is 73.8 cm³/mol. The molecule has 0 bridgehead atoms. The first-order valence-electron chi connectivity index (χ1n) is 6.99. The van der Waals surface area contributed by atoms with Crippen molar-refractivity contribution in [2.45, 2.75) is 51.5 Å². The molecule has 0 atom stereocenters. The van der Waals surface area contributed by atoms with Crippen LogP contribution in [0.3, 0.4) is 0 Å². The number of nitrogens with one attached hydrogen (secondary N) is 1. The van der Waals surface area contributed by atoms with Gasteiger partial charge in [0.2, 0.25) is 0 Å². The van der Waals surface area contributed by atoms with E-state index in [1.807, 2.05) is 0 Å². The van der Waals surface area contributed by atoms with E-state index in [1.54, 1.807) is 24.0 Å². The van der Waals surface area contributed by atoms with Gasteiger partial charge in [-0.15, -0.1) is 0 Å². The first-order chi connectivity index (χ1) is 8.70. The fourth-order valence-corrected chi connectivity index (χ4v) is 2.79. The van der Waals surface area contributed by atoms with Crippen molar-refractivity contribution in [3.63, 3.8) is 0 Å². The van der Waals surface area contributed by atoms with Crippen LogP contribution in [0, 0.1) is 5.92 Å². The fourth-order valence-electron chi connectivity index (χ4n) is 2.79. The lowest BCUT2D eigenvalue weighted by Gasteiger charge is -2.29. The van der Waals surface area contributed by atoms with Crippen LogP contribution in [-0.4, -0.2) is 15.6 Å². The highest BCUT2D eigenvalue weighted by Crippen LogP contribution is 2.28. The highest BCUT2D eigenvalue weighted by Gasteiger charge is 2.21. The third-order valence-electron chi connectivity index (χ3n) is 3.90. The Morgan fingerprint density at radius 3 is 2.78 bits per heavy atom. The van der Waals surface area contributed by atoms with Gasteiger partial charge in [-0.1, -0.05) is 19.8 Å². The van der Waals surface area contributed by atoms with E-state index in [9.17, 15) is 4.79 Å². The molecule has 1 N–H and O–H groups in total. The zero-order chi connectivity index (χ0) is 13.0. The molecule has 1 aliphatic rings. The van der Waals surface area contributed by atoms with Crippen molar-refractivity contribution >= 4 is 5.82 Å². The van der Waals surface area contributed by atoms with Crippen LogP contribution in [0.2, 0.25) is 0 Å². The van der Waals surface area contributed by atoms with Crippen LogP contribution in [0.4, 0.5) is 5.82 Å². The minimum atomic E-state index is -0.0341. The molecule has 0 spiro atoms. The van der Waals surface area contributed by atoms with Crippen LogP contribution >= 0.6 is 0 Å². The second-order valence-electron chi connectivity index (χ2n) is 5.34. The minimum Gasteiger partial charge on any atom is -0.363 e. The van der Waals surface area contributed by atoms with Crippen LogP contribution in [0.25, 0.3) is 0 Å². The molecule has 1 fully saturated rings. The summed E-state index contributed by atoms with van der Waals surface area (Å²) in [4.78, 5) is 16.0. The van der Waals surface area contributed by atoms with Crippen molar-refractivity contribution in [1.29, 1.82) is 0 Å². The van der Waals surface area contributed by atoms with E-state index in [0.29, 0.717) is 11.9 Å². The molecule has 0 amide bonds. The summed E-state index contributed by atoms with van der Waals surface area (Å²) in [5, 5.41) is 3.31.